The third-order valence-corrected chi connectivity index (χ3v) is 5.29. The molecule has 3 rings (SSSR count). The normalized spacial score (nSPS) is 25.7. The summed E-state index contributed by atoms with van der Waals surface area (Å²) in [7, 11) is 0. The molecule has 0 bridgehead atoms. The number of fused-ring (bicyclic) bond motifs is 2. The van der Waals surface area contributed by atoms with E-state index in [9.17, 15) is 24.2 Å². The highest BCUT2D eigenvalue weighted by Crippen LogP contribution is 2.38. The number of alkyl halides is 1. The molecule has 2 aliphatic heterocycles. The summed E-state index contributed by atoms with van der Waals surface area (Å²) in [5, 5.41) is 26.5. The molecule has 3 atom stereocenters. The number of carbonyl (C=O) groups is 2. The Morgan fingerprint density at radius 1 is 1.36 bits per heavy atom. The zero-order valence-corrected chi connectivity index (χ0v) is 18.5. The zero-order chi connectivity index (χ0) is 24.0. The van der Waals surface area contributed by atoms with Gasteiger partial charge < -0.3 is 29.8 Å². The van der Waals surface area contributed by atoms with Crippen LogP contribution in [0.5, 0.6) is 11.5 Å². The summed E-state index contributed by atoms with van der Waals surface area (Å²) < 4.78 is 23.2. The van der Waals surface area contributed by atoms with Crippen molar-refractivity contribution in [3.63, 3.8) is 0 Å². The van der Waals surface area contributed by atoms with Crippen LogP contribution in [0.1, 0.15) is 29.3 Å². The van der Waals surface area contributed by atoms with E-state index in [1.165, 1.54) is 0 Å². The van der Waals surface area contributed by atoms with E-state index in [1.54, 1.807) is 25.2 Å². The number of epoxide rings is 1. The van der Waals surface area contributed by atoms with Gasteiger partial charge in [-0.15, -0.1) is 0 Å². The van der Waals surface area contributed by atoms with Crippen LogP contribution in [0.3, 0.4) is 0 Å². The number of phenols is 2. The lowest BCUT2D eigenvalue weighted by atomic mass is 9.99. The Labute approximate surface area is 194 Å². The fraction of sp³-hybridized carbons (Fsp3) is 0.409. The summed E-state index contributed by atoms with van der Waals surface area (Å²) in [4.78, 5) is 29.5. The largest absolute Gasteiger partial charge is 0.507 e. The van der Waals surface area contributed by atoms with Crippen LogP contribution in [0.4, 0.5) is 4.39 Å². The molecule has 1 aromatic carbocycles. The fourth-order valence-electron chi connectivity index (χ4n) is 3.26. The molecule has 0 aliphatic carbocycles. The van der Waals surface area contributed by atoms with Gasteiger partial charge in [-0.05, 0) is 18.6 Å². The number of rotatable bonds is 5. The number of phenolic OH excluding ortho intramolecular Hbond substituents is 2. The SMILES string of the molecule is C[C@@H]1C[C@H]2O[C@@H]2/C=C\C=C\C(=NOCC(=O)NCC[18F])Cc2c(Cl)c(O)cc(O)c2C(=O)O1. The molecule has 178 valence electrons. The number of allylic oxidation sites excluding steroid dienone is 3. The Hall–Kier alpha value is -3.11. The highest BCUT2D eigenvalue weighted by Gasteiger charge is 2.38. The Kier molecular flexibility index (Phi) is 8.29. The molecule has 2 aliphatic rings. The molecule has 0 radical (unpaired) electrons. The minimum Gasteiger partial charge on any atom is -0.507 e. The first-order chi connectivity index (χ1) is 15.8. The van der Waals surface area contributed by atoms with Crippen molar-refractivity contribution in [1.82, 2.24) is 5.32 Å². The highest BCUT2D eigenvalue weighted by molar-refractivity contribution is 6.33. The maximum Gasteiger partial charge on any atom is 0.342 e. The number of ether oxygens (including phenoxy) is 2. The first-order valence-electron chi connectivity index (χ1n) is 10.3. The second-order valence-corrected chi connectivity index (χ2v) is 7.87. The van der Waals surface area contributed by atoms with E-state index < -0.39 is 42.8 Å². The number of benzene rings is 1. The summed E-state index contributed by atoms with van der Waals surface area (Å²) in [6.45, 7) is 0.392. The number of hydrogen-bond acceptors (Lipinski definition) is 8. The predicted octanol–water partition coefficient (Wildman–Crippen LogP) is 2.58. The van der Waals surface area contributed by atoms with Gasteiger partial charge in [-0.1, -0.05) is 35.0 Å². The van der Waals surface area contributed by atoms with E-state index in [-0.39, 0.29) is 47.0 Å². The molecular weight excluding hydrogens is 458 g/mol. The molecule has 0 aromatic heterocycles. The molecular formula is C22H24ClFN2O7. The summed E-state index contributed by atoms with van der Waals surface area (Å²) in [6.07, 6.45) is 6.41. The Balaban J connectivity index is 1.93. The fourth-order valence-corrected chi connectivity index (χ4v) is 3.48. The lowest BCUT2D eigenvalue weighted by molar-refractivity contribution is -0.125. The van der Waals surface area contributed by atoms with Gasteiger partial charge in [-0.2, -0.15) is 0 Å². The van der Waals surface area contributed by atoms with E-state index in [4.69, 9.17) is 25.9 Å². The van der Waals surface area contributed by atoms with Crippen LogP contribution in [-0.4, -0.2) is 65.9 Å². The van der Waals surface area contributed by atoms with Crippen LogP contribution < -0.4 is 5.32 Å². The van der Waals surface area contributed by atoms with Crippen molar-refractivity contribution in [2.24, 2.45) is 5.16 Å². The number of hydrogen-bond donors (Lipinski definition) is 3. The van der Waals surface area contributed by atoms with Crippen LogP contribution in [0, 0.1) is 0 Å². The molecule has 33 heavy (non-hydrogen) atoms. The van der Waals surface area contributed by atoms with Gasteiger partial charge in [0.2, 0.25) is 0 Å². The third-order valence-electron chi connectivity index (χ3n) is 4.87. The molecule has 1 fully saturated rings. The van der Waals surface area contributed by atoms with Crippen LogP contribution in [-0.2, 0) is 25.5 Å². The topological polar surface area (TPSA) is 130 Å². The summed E-state index contributed by atoms with van der Waals surface area (Å²) in [6, 6.07) is 0.956. The van der Waals surface area contributed by atoms with Gasteiger partial charge in [0.1, 0.15) is 35.9 Å². The Morgan fingerprint density at radius 3 is 2.91 bits per heavy atom. The van der Waals surface area contributed by atoms with Crippen LogP contribution >= 0.6 is 11.6 Å². The molecule has 1 saturated heterocycles. The van der Waals surface area contributed by atoms with Gasteiger partial charge in [0, 0.05) is 25.5 Å². The minimum atomic E-state index is -0.823. The van der Waals surface area contributed by atoms with Crippen molar-refractivity contribution in [2.75, 3.05) is 19.8 Å². The number of oxime groups is 1. The van der Waals surface area contributed by atoms with Crippen molar-refractivity contribution in [3.05, 3.63) is 46.5 Å². The van der Waals surface area contributed by atoms with Gasteiger partial charge in [0.15, 0.2) is 6.61 Å². The minimum absolute atomic E-state index is 0.0711. The smallest absolute Gasteiger partial charge is 0.342 e. The molecule has 0 unspecified atom stereocenters. The average Bonchev–Trinajstić information content (AvgIpc) is 3.49. The van der Waals surface area contributed by atoms with Gasteiger partial charge in [0.05, 0.1) is 16.8 Å². The standard InChI is InChI=1S/C22H24ClFN2O7/c1-12-8-18-17(33-18)5-3-2-4-13(26-31-11-19(29)25-7-6-24)9-14-20(22(30)32-12)15(27)10-16(28)21(14)23/h2-5,10,12,17-18,27-28H,6-9,11H2,1H3,(H,25,29)/b4-2+,5-3-,26-13?/t12-,17-,18-/m1/s1/i24-1. The lowest BCUT2D eigenvalue weighted by Gasteiger charge is -2.17. The van der Waals surface area contributed by atoms with Crippen LogP contribution in [0.2, 0.25) is 5.02 Å². The maximum absolute atomic E-state index is 12.9. The number of esters is 1. The van der Waals surface area contributed by atoms with E-state index >= 15 is 0 Å². The molecule has 1 amide bonds. The van der Waals surface area contributed by atoms with Crippen molar-refractivity contribution in [1.29, 1.82) is 0 Å². The number of carbonyl (C=O) groups excluding carboxylic acids is 2. The second-order valence-electron chi connectivity index (χ2n) is 7.49. The van der Waals surface area contributed by atoms with Gasteiger partial charge in [-0.25, -0.2) is 9.18 Å². The number of aromatic hydroxyl groups is 2. The lowest BCUT2D eigenvalue weighted by Crippen LogP contribution is -2.28. The summed E-state index contributed by atoms with van der Waals surface area (Å²) in [5.41, 5.74) is 0.0754. The molecule has 3 N–H and O–H groups in total. The molecule has 1 aromatic rings. The van der Waals surface area contributed by atoms with E-state index in [0.717, 1.165) is 6.07 Å². The molecule has 2 heterocycles. The summed E-state index contributed by atoms with van der Waals surface area (Å²) in [5.74, 6) is -2.33. The van der Waals surface area contributed by atoms with Crippen molar-refractivity contribution in [3.8, 4) is 11.5 Å². The number of amides is 1. The predicted molar refractivity (Wildman–Crippen MR) is 117 cm³/mol. The van der Waals surface area contributed by atoms with E-state index in [0.29, 0.717) is 6.42 Å². The van der Waals surface area contributed by atoms with Crippen molar-refractivity contribution < 1.29 is 38.5 Å². The van der Waals surface area contributed by atoms with Crippen molar-refractivity contribution in [2.45, 2.75) is 38.1 Å². The third kappa shape index (κ3) is 6.69. The van der Waals surface area contributed by atoms with Crippen LogP contribution in [0.25, 0.3) is 0 Å². The van der Waals surface area contributed by atoms with Gasteiger partial charge in [0.25, 0.3) is 5.91 Å². The molecule has 9 nitrogen and oxygen atoms in total. The number of halogens is 2. The van der Waals surface area contributed by atoms with E-state index in [1.807, 2.05) is 6.08 Å². The molecule has 0 spiro atoms. The number of nitrogens with zero attached hydrogens (tertiary/aromatic N) is 1. The monoisotopic (exact) mass is 481 g/mol. The first-order valence-corrected chi connectivity index (χ1v) is 10.6. The average molecular weight is 482 g/mol. The summed E-state index contributed by atoms with van der Waals surface area (Å²) >= 11 is 6.25. The molecule has 11 heteroatoms. The Morgan fingerprint density at radius 2 is 2.15 bits per heavy atom. The van der Waals surface area contributed by atoms with Crippen molar-refractivity contribution >= 4 is 29.2 Å². The Bertz CT molecular complexity index is 995. The number of cyclic esters (lactones) is 1. The van der Waals surface area contributed by atoms with Gasteiger partial charge in [-0.3, -0.25) is 4.79 Å². The highest BCUT2D eigenvalue weighted by atomic mass is 35.5. The van der Waals surface area contributed by atoms with Gasteiger partial charge >= 0.3 is 5.97 Å². The van der Waals surface area contributed by atoms with Crippen LogP contribution in [0.15, 0.2) is 35.5 Å². The molecule has 0 saturated carbocycles. The second kappa shape index (κ2) is 11.2. The quantitative estimate of drug-likeness (QED) is 0.335. The maximum atomic E-state index is 12.9. The number of nitrogens with one attached hydrogen (secondary N) is 1. The first kappa shape index (κ1) is 24.5. The zero-order valence-electron chi connectivity index (χ0n) is 17.8. The van der Waals surface area contributed by atoms with E-state index in [2.05, 4.69) is 10.5 Å².